The first-order chi connectivity index (χ1) is 9.52. The van der Waals surface area contributed by atoms with Gasteiger partial charge in [-0.3, -0.25) is 9.59 Å². The molecule has 2 amide bonds. The summed E-state index contributed by atoms with van der Waals surface area (Å²) >= 11 is 0. The molecule has 0 spiro atoms. The Labute approximate surface area is 120 Å². The molecular formula is C16H22N2O2. The van der Waals surface area contributed by atoms with Gasteiger partial charge in [0.25, 0.3) is 0 Å². The molecule has 0 aliphatic carbocycles. The van der Waals surface area contributed by atoms with E-state index >= 15 is 0 Å². The smallest absolute Gasteiger partial charge is 0.231 e. The van der Waals surface area contributed by atoms with Gasteiger partial charge in [0.1, 0.15) is 0 Å². The average Bonchev–Trinajstić information content (AvgIpc) is 2.71. The predicted molar refractivity (Wildman–Crippen MR) is 79.8 cm³/mol. The molecule has 4 nitrogen and oxygen atoms in total. The third-order valence-corrected chi connectivity index (χ3v) is 3.85. The lowest BCUT2D eigenvalue weighted by Crippen LogP contribution is -2.29. The number of anilines is 1. The predicted octanol–water partition coefficient (Wildman–Crippen LogP) is 2.01. The summed E-state index contributed by atoms with van der Waals surface area (Å²) in [5, 5.41) is 0. The number of likely N-dealkylation sites (N-methyl/N-ethyl adjacent to an activating group) is 2. The molecule has 0 atom stereocenters. The molecule has 1 aliphatic heterocycles. The van der Waals surface area contributed by atoms with Crippen LogP contribution in [0, 0.1) is 0 Å². The Bertz CT molecular complexity index is 525. The average molecular weight is 274 g/mol. The number of hydrogen-bond donors (Lipinski definition) is 0. The van der Waals surface area contributed by atoms with Crippen molar-refractivity contribution in [3.8, 4) is 0 Å². The van der Waals surface area contributed by atoms with Gasteiger partial charge in [-0.05, 0) is 23.6 Å². The molecule has 0 unspecified atom stereocenters. The summed E-state index contributed by atoms with van der Waals surface area (Å²) < 4.78 is 0. The number of fused-ring (bicyclic) bond motifs is 1. The number of carbonyl (C=O) groups excluding carboxylic acids is 2. The molecule has 0 N–H and O–H groups in total. The van der Waals surface area contributed by atoms with Gasteiger partial charge in [-0.2, -0.15) is 0 Å². The second-order valence-electron chi connectivity index (χ2n) is 5.44. The molecule has 1 aromatic rings. The van der Waals surface area contributed by atoms with Gasteiger partial charge < -0.3 is 9.80 Å². The molecule has 1 aliphatic rings. The fourth-order valence-electron chi connectivity index (χ4n) is 2.46. The number of amides is 2. The summed E-state index contributed by atoms with van der Waals surface area (Å²) in [5.74, 6) is 0.250. The van der Waals surface area contributed by atoms with E-state index in [2.05, 4.69) is 6.92 Å². The van der Waals surface area contributed by atoms with Gasteiger partial charge in [0.15, 0.2) is 0 Å². The van der Waals surface area contributed by atoms with E-state index in [-0.39, 0.29) is 11.8 Å². The second kappa shape index (κ2) is 6.07. The summed E-state index contributed by atoms with van der Waals surface area (Å²) in [5.41, 5.74) is 2.98. The fourth-order valence-corrected chi connectivity index (χ4v) is 2.46. The highest BCUT2D eigenvalue weighted by Crippen LogP contribution is 2.28. The van der Waals surface area contributed by atoms with Crippen molar-refractivity contribution < 1.29 is 9.59 Å². The lowest BCUT2D eigenvalue weighted by Gasteiger charge is -2.17. The third-order valence-electron chi connectivity index (χ3n) is 3.85. The Kier molecular flexibility index (Phi) is 4.42. The molecule has 0 saturated heterocycles. The number of benzene rings is 1. The van der Waals surface area contributed by atoms with Gasteiger partial charge in [0.05, 0.1) is 12.8 Å². The Morgan fingerprint density at radius 2 is 2.15 bits per heavy atom. The van der Waals surface area contributed by atoms with E-state index in [0.29, 0.717) is 12.8 Å². The lowest BCUT2D eigenvalue weighted by molar-refractivity contribution is -0.129. The first-order valence-electron chi connectivity index (χ1n) is 7.15. The monoisotopic (exact) mass is 274 g/mol. The Morgan fingerprint density at radius 1 is 1.40 bits per heavy atom. The summed E-state index contributed by atoms with van der Waals surface area (Å²) in [6.45, 7) is 2.92. The topological polar surface area (TPSA) is 40.6 Å². The minimum Gasteiger partial charge on any atom is -0.345 e. The summed E-state index contributed by atoms with van der Waals surface area (Å²) in [7, 11) is 3.64. The normalized spacial score (nSPS) is 13.6. The number of hydrogen-bond acceptors (Lipinski definition) is 2. The van der Waals surface area contributed by atoms with Gasteiger partial charge in [0.2, 0.25) is 11.8 Å². The first-order valence-corrected chi connectivity index (χ1v) is 7.15. The Balaban J connectivity index is 2.03. The van der Waals surface area contributed by atoms with Crippen LogP contribution in [0.5, 0.6) is 0 Å². The zero-order valence-corrected chi connectivity index (χ0v) is 12.5. The van der Waals surface area contributed by atoms with Crippen LogP contribution in [-0.2, 0) is 22.4 Å². The van der Waals surface area contributed by atoms with Crippen molar-refractivity contribution in [3.05, 3.63) is 29.3 Å². The molecule has 20 heavy (non-hydrogen) atoms. The van der Waals surface area contributed by atoms with Crippen molar-refractivity contribution in [3.63, 3.8) is 0 Å². The number of rotatable bonds is 5. The minimum atomic E-state index is 0.114. The van der Waals surface area contributed by atoms with Crippen LogP contribution in [0.15, 0.2) is 18.2 Å². The van der Waals surface area contributed by atoms with E-state index in [1.807, 2.05) is 25.2 Å². The molecule has 2 rings (SSSR count). The molecule has 1 aromatic carbocycles. The maximum Gasteiger partial charge on any atom is 0.231 e. The highest BCUT2D eigenvalue weighted by molar-refractivity contribution is 6.01. The van der Waals surface area contributed by atoms with Gasteiger partial charge >= 0.3 is 0 Å². The Hall–Kier alpha value is -1.84. The van der Waals surface area contributed by atoms with Crippen LogP contribution in [0.2, 0.25) is 0 Å². The van der Waals surface area contributed by atoms with Crippen LogP contribution in [0.1, 0.15) is 30.9 Å². The van der Waals surface area contributed by atoms with E-state index in [0.717, 1.165) is 36.2 Å². The van der Waals surface area contributed by atoms with E-state index < -0.39 is 0 Å². The fraction of sp³-hybridized carbons (Fsp3) is 0.500. The number of carbonyl (C=O) groups is 2. The largest absolute Gasteiger partial charge is 0.345 e. The Morgan fingerprint density at radius 3 is 2.85 bits per heavy atom. The molecular weight excluding hydrogens is 252 g/mol. The van der Waals surface area contributed by atoms with Gasteiger partial charge in [-0.1, -0.05) is 25.5 Å². The molecule has 0 radical (unpaired) electrons. The molecule has 1 heterocycles. The van der Waals surface area contributed by atoms with Gasteiger partial charge in [-0.25, -0.2) is 0 Å². The van der Waals surface area contributed by atoms with Gasteiger partial charge in [-0.15, -0.1) is 0 Å². The highest BCUT2D eigenvalue weighted by atomic mass is 16.2. The van der Waals surface area contributed by atoms with Gasteiger partial charge in [0, 0.05) is 26.3 Å². The molecule has 0 fully saturated rings. The van der Waals surface area contributed by atoms with Crippen molar-refractivity contribution in [1.82, 2.24) is 4.90 Å². The van der Waals surface area contributed by atoms with Crippen molar-refractivity contribution in [2.75, 3.05) is 25.5 Å². The van der Waals surface area contributed by atoms with Crippen molar-refractivity contribution in [1.29, 1.82) is 0 Å². The molecule has 0 bridgehead atoms. The number of unbranched alkanes of at least 4 members (excludes halogenated alkanes) is 1. The van der Waals surface area contributed by atoms with Crippen LogP contribution in [-0.4, -0.2) is 37.4 Å². The van der Waals surface area contributed by atoms with Crippen molar-refractivity contribution in [2.45, 2.75) is 32.6 Å². The third kappa shape index (κ3) is 3.00. The summed E-state index contributed by atoms with van der Waals surface area (Å²) in [6.07, 6.45) is 2.97. The SMILES string of the molecule is CCCCN(C)C(=O)Cc1ccc2c(c1)CC(=O)N2C. The van der Waals surface area contributed by atoms with E-state index in [4.69, 9.17) is 0 Å². The lowest BCUT2D eigenvalue weighted by atomic mass is 10.1. The highest BCUT2D eigenvalue weighted by Gasteiger charge is 2.24. The van der Waals surface area contributed by atoms with Crippen LogP contribution in [0.3, 0.4) is 0 Å². The molecule has 108 valence electrons. The van der Waals surface area contributed by atoms with E-state index in [1.165, 1.54) is 0 Å². The zero-order valence-electron chi connectivity index (χ0n) is 12.5. The van der Waals surface area contributed by atoms with Crippen molar-refractivity contribution in [2.24, 2.45) is 0 Å². The van der Waals surface area contributed by atoms with Crippen LogP contribution < -0.4 is 4.90 Å². The number of nitrogens with zero attached hydrogens (tertiary/aromatic N) is 2. The van der Waals surface area contributed by atoms with Crippen LogP contribution in [0.4, 0.5) is 5.69 Å². The second-order valence-corrected chi connectivity index (χ2v) is 5.44. The van der Waals surface area contributed by atoms with Crippen LogP contribution in [0.25, 0.3) is 0 Å². The first kappa shape index (κ1) is 14.6. The molecule has 4 heteroatoms. The van der Waals surface area contributed by atoms with Crippen LogP contribution >= 0.6 is 0 Å². The van der Waals surface area contributed by atoms with Crippen molar-refractivity contribution >= 4 is 17.5 Å². The van der Waals surface area contributed by atoms with E-state index in [9.17, 15) is 9.59 Å². The maximum atomic E-state index is 12.1. The quantitative estimate of drug-likeness (QED) is 0.824. The standard InChI is InChI=1S/C16H22N2O2/c1-4-5-8-17(2)15(19)10-12-6-7-14-13(9-12)11-16(20)18(14)3/h6-7,9H,4-5,8,10-11H2,1-3H3. The summed E-state index contributed by atoms with van der Waals surface area (Å²) in [6, 6.07) is 5.87. The molecule has 0 aromatic heterocycles. The minimum absolute atomic E-state index is 0.114. The maximum absolute atomic E-state index is 12.1. The van der Waals surface area contributed by atoms with E-state index in [1.54, 1.807) is 16.8 Å². The summed E-state index contributed by atoms with van der Waals surface area (Å²) in [4.78, 5) is 27.2. The zero-order chi connectivity index (χ0) is 14.7. The molecule has 0 saturated carbocycles.